The second kappa shape index (κ2) is 8.81. The number of esters is 1. The minimum Gasteiger partial charge on any atom is -0.465 e. The quantitative estimate of drug-likeness (QED) is 0.705. The lowest BCUT2D eigenvalue weighted by Gasteiger charge is -2.27. The van der Waals surface area contributed by atoms with Gasteiger partial charge in [0.1, 0.15) is 12.4 Å². The molecule has 150 valence electrons. The molecule has 0 aromatic heterocycles. The molecular formula is C18H20FN3O5S. The molecule has 0 saturated carbocycles. The number of hydrogen-bond acceptors (Lipinski definition) is 5. The Hall–Kier alpha value is -2.98. The average molecular weight is 409 g/mol. The summed E-state index contributed by atoms with van der Waals surface area (Å²) in [6, 6.07) is 10.9. The molecule has 8 nitrogen and oxygen atoms in total. The fourth-order valence-electron chi connectivity index (χ4n) is 2.31. The van der Waals surface area contributed by atoms with Crippen molar-refractivity contribution in [1.29, 1.82) is 0 Å². The molecule has 0 fully saturated rings. The smallest absolute Gasteiger partial charge is 0.339 e. The van der Waals surface area contributed by atoms with Crippen molar-refractivity contribution in [2.45, 2.75) is 0 Å². The summed E-state index contributed by atoms with van der Waals surface area (Å²) in [6.45, 7) is -0.582. The van der Waals surface area contributed by atoms with E-state index >= 15 is 0 Å². The molecule has 0 spiro atoms. The normalized spacial score (nSPS) is 11.2. The summed E-state index contributed by atoms with van der Waals surface area (Å²) >= 11 is 0. The number of methoxy groups -OCH3 is 1. The minimum atomic E-state index is -4.03. The monoisotopic (exact) mass is 409 g/mol. The minimum absolute atomic E-state index is 0.117. The van der Waals surface area contributed by atoms with E-state index in [2.05, 4.69) is 10.1 Å². The van der Waals surface area contributed by atoms with E-state index in [1.165, 1.54) is 45.5 Å². The summed E-state index contributed by atoms with van der Waals surface area (Å²) in [5.74, 6) is -1.87. The van der Waals surface area contributed by atoms with Gasteiger partial charge in [0.05, 0.1) is 24.0 Å². The lowest BCUT2D eigenvalue weighted by atomic mass is 10.2. The molecule has 10 heteroatoms. The summed E-state index contributed by atoms with van der Waals surface area (Å²) < 4.78 is 44.9. The molecule has 2 aromatic carbocycles. The van der Waals surface area contributed by atoms with Gasteiger partial charge in [0.25, 0.3) is 0 Å². The largest absolute Gasteiger partial charge is 0.465 e. The van der Waals surface area contributed by atoms with Gasteiger partial charge in [-0.15, -0.1) is 0 Å². The predicted octanol–water partition coefficient (Wildman–Crippen LogP) is 1.86. The number of halogens is 1. The van der Waals surface area contributed by atoms with Gasteiger partial charge in [-0.25, -0.2) is 13.5 Å². The van der Waals surface area contributed by atoms with Crippen molar-refractivity contribution in [3.63, 3.8) is 0 Å². The van der Waals surface area contributed by atoms with E-state index < -0.39 is 34.4 Å². The molecule has 1 N–H and O–H groups in total. The van der Waals surface area contributed by atoms with Crippen LogP contribution in [0, 0.1) is 5.82 Å². The van der Waals surface area contributed by atoms with E-state index in [1.807, 2.05) is 0 Å². The number of nitrogens with zero attached hydrogens (tertiary/aromatic N) is 2. The van der Waals surface area contributed by atoms with Crippen LogP contribution in [0.5, 0.6) is 0 Å². The van der Waals surface area contributed by atoms with Crippen LogP contribution in [0.2, 0.25) is 0 Å². The summed E-state index contributed by atoms with van der Waals surface area (Å²) in [5, 5.41) is 2.51. The molecule has 0 atom stereocenters. The predicted molar refractivity (Wildman–Crippen MR) is 103 cm³/mol. The second-order valence-corrected chi connectivity index (χ2v) is 7.93. The number of rotatable bonds is 7. The third-order valence-corrected chi connectivity index (χ3v) is 5.57. The lowest BCUT2D eigenvalue weighted by molar-refractivity contribution is -0.114. The second-order valence-electron chi connectivity index (χ2n) is 5.86. The number of hydrogen-bond donors (Lipinski definition) is 1. The topological polar surface area (TPSA) is 96.0 Å². The molecule has 0 saturated heterocycles. The zero-order chi connectivity index (χ0) is 20.9. The van der Waals surface area contributed by atoms with Crippen molar-refractivity contribution in [3.05, 3.63) is 59.9 Å². The van der Waals surface area contributed by atoms with Gasteiger partial charge in [0.2, 0.25) is 5.91 Å². The van der Waals surface area contributed by atoms with Crippen LogP contribution < -0.4 is 9.62 Å². The number of benzene rings is 2. The first kappa shape index (κ1) is 21.3. The molecule has 28 heavy (non-hydrogen) atoms. The van der Waals surface area contributed by atoms with Gasteiger partial charge >= 0.3 is 16.2 Å². The highest BCUT2D eigenvalue weighted by Crippen LogP contribution is 2.21. The van der Waals surface area contributed by atoms with E-state index in [1.54, 1.807) is 12.1 Å². The standard InChI is InChI=1S/C18H20FN3O5S/c1-21(2)28(25,26)22(14-10-8-13(19)9-11-14)12-17(23)20-16-7-5-4-6-15(16)18(24)27-3/h4-11H,12H2,1-3H3,(H,20,23). The van der Waals surface area contributed by atoms with Crippen LogP contribution in [0.3, 0.4) is 0 Å². The van der Waals surface area contributed by atoms with Crippen LogP contribution in [-0.2, 0) is 19.7 Å². The molecule has 0 radical (unpaired) electrons. The van der Waals surface area contributed by atoms with Gasteiger partial charge in [-0.05, 0) is 36.4 Å². The average Bonchev–Trinajstić information content (AvgIpc) is 2.66. The lowest BCUT2D eigenvalue weighted by Crippen LogP contribution is -2.44. The Morgan fingerprint density at radius 2 is 1.68 bits per heavy atom. The maximum Gasteiger partial charge on any atom is 0.339 e. The molecule has 2 aromatic rings. The van der Waals surface area contributed by atoms with E-state index in [9.17, 15) is 22.4 Å². The SMILES string of the molecule is COC(=O)c1ccccc1NC(=O)CN(c1ccc(F)cc1)S(=O)(=O)N(C)C. The van der Waals surface area contributed by atoms with E-state index in [-0.39, 0.29) is 16.9 Å². The molecule has 1 amide bonds. The number of carbonyl (C=O) groups is 2. The molecule has 0 bridgehead atoms. The number of nitrogens with one attached hydrogen (secondary N) is 1. The Bertz CT molecular complexity index is 961. The highest BCUT2D eigenvalue weighted by Gasteiger charge is 2.27. The molecule has 2 rings (SSSR count). The Morgan fingerprint density at radius 1 is 1.07 bits per heavy atom. The van der Waals surface area contributed by atoms with Crippen molar-refractivity contribution in [2.75, 3.05) is 37.4 Å². The van der Waals surface area contributed by atoms with Crippen LogP contribution in [0.4, 0.5) is 15.8 Å². The van der Waals surface area contributed by atoms with E-state index in [4.69, 9.17) is 0 Å². The highest BCUT2D eigenvalue weighted by molar-refractivity contribution is 7.90. The first-order chi connectivity index (χ1) is 13.2. The Balaban J connectivity index is 2.32. The van der Waals surface area contributed by atoms with Gasteiger partial charge in [-0.2, -0.15) is 12.7 Å². The van der Waals surface area contributed by atoms with Gasteiger partial charge in [0.15, 0.2) is 0 Å². The zero-order valence-electron chi connectivity index (χ0n) is 15.5. The molecule has 0 aliphatic carbocycles. The fraction of sp³-hybridized carbons (Fsp3) is 0.222. The van der Waals surface area contributed by atoms with Crippen LogP contribution in [0.1, 0.15) is 10.4 Å². The Morgan fingerprint density at radius 3 is 2.25 bits per heavy atom. The van der Waals surface area contributed by atoms with Gasteiger partial charge in [0, 0.05) is 14.1 Å². The maximum atomic E-state index is 13.2. The molecule has 0 aliphatic rings. The van der Waals surface area contributed by atoms with Crippen molar-refractivity contribution in [2.24, 2.45) is 0 Å². The summed E-state index contributed by atoms with van der Waals surface area (Å²) in [4.78, 5) is 24.4. The zero-order valence-corrected chi connectivity index (χ0v) is 16.4. The van der Waals surface area contributed by atoms with Crippen molar-refractivity contribution < 1.29 is 27.1 Å². The van der Waals surface area contributed by atoms with Crippen LogP contribution in [0.25, 0.3) is 0 Å². The number of anilines is 2. The Labute approximate surface area is 162 Å². The summed E-state index contributed by atoms with van der Waals surface area (Å²) in [7, 11) is -0.191. The molecule has 0 heterocycles. The molecule has 0 aliphatic heterocycles. The van der Waals surface area contributed by atoms with Crippen molar-refractivity contribution in [1.82, 2.24) is 4.31 Å². The first-order valence-electron chi connectivity index (χ1n) is 8.09. The van der Waals surface area contributed by atoms with Crippen LogP contribution in [0.15, 0.2) is 48.5 Å². The maximum absolute atomic E-state index is 13.2. The molecular weight excluding hydrogens is 389 g/mol. The number of ether oxygens (including phenoxy) is 1. The van der Waals surface area contributed by atoms with Gasteiger partial charge < -0.3 is 10.1 Å². The van der Waals surface area contributed by atoms with Gasteiger partial charge in [-0.3, -0.25) is 4.79 Å². The third-order valence-electron chi connectivity index (χ3n) is 3.75. The van der Waals surface area contributed by atoms with Gasteiger partial charge in [-0.1, -0.05) is 12.1 Å². The van der Waals surface area contributed by atoms with Crippen LogP contribution >= 0.6 is 0 Å². The third kappa shape index (κ3) is 4.84. The van der Waals surface area contributed by atoms with E-state index in [0.717, 1.165) is 20.7 Å². The highest BCUT2D eigenvalue weighted by atomic mass is 32.2. The van der Waals surface area contributed by atoms with Crippen LogP contribution in [-0.4, -0.2) is 52.3 Å². The number of carbonyl (C=O) groups excluding carboxylic acids is 2. The summed E-state index contributed by atoms with van der Waals surface area (Å²) in [6.07, 6.45) is 0. The molecule has 0 unspecified atom stereocenters. The summed E-state index contributed by atoms with van der Waals surface area (Å²) in [5.41, 5.74) is 0.425. The number of para-hydroxylation sites is 1. The number of amides is 1. The Kier molecular flexibility index (Phi) is 6.71. The fourth-order valence-corrected chi connectivity index (χ4v) is 3.37. The van der Waals surface area contributed by atoms with Crippen molar-refractivity contribution >= 4 is 33.5 Å². The van der Waals surface area contributed by atoms with Crippen molar-refractivity contribution in [3.8, 4) is 0 Å². The van der Waals surface area contributed by atoms with E-state index in [0.29, 0.717) is 0 Å². The first-order valence-corrected chi connectivity index (χ1v) is 9.49.